The van der Waals surface area contributed by atoms with Gasteiger partial charge in [-0.25, -0.2) is 4.98 Å². The predicted octanol–water partition coefficient (Wildman–Crippen LogP) is 2.72. The van der Waals surface area contributed by atoms with Crippen molar-refractivity contribution in [1.29, 1.82) is 0 Å². The standard InChI is InChI=1S/C19H23N3O2/c1-16-15-18(21-19(20-16)17-7-3-2-4-8-17)24-12-6-5-9-22-10-13-23-14-11-22/h2-8,15H,9-14H2,1H3/b6-5+. The second-order valence-electron chi connectivity index (χ2n) is 5.73. The molecule has 5 heteroatoms. The average molecular weight is 325 g/mol. The van der Waals surface area contributed by atoms with E-state index in [1.54, 1.807) is 0 Å². The lowest BCUT2D eigenvalue weighted by molar-refractivity contribution is 0.0434. The second kappa shape index (κ2) is 8.57. The van der Waals surface area contributed by atoms with E-state index in [0.29, 0.717) is 18.3 Å². The average Bonchev–Trinajstić information content (AvgIpc) is 2.63. The number of aryl methyl sites for hydroxylation is 1. The van der Waals surface area contributed by atoms with Gasteiger partial charge in [0.05, 0.1) is 13.2 Å². The fraction of sp³-hybridized carbons (Fsp3) is 0.368. The SMILES string of the molecule is Cc1cc(OC/C=C/CN2CCOCC2)nc(-c2ccccc2)n1. The molecule has 1 fully saturated rings. The van der Waals surface area contributed by atoms with Gasteiger partial charge in [-0.1, -0.05) is 42.5 Å². The number of ether oxygens (including phenoxy) is 2. The highest BCUT2D eigenvalue weighted by Crippen LogP contribution is 2.18. The maximum Gasteiger partial charge on any atom is 0.217 e. The zero-order chi connectivity index (χ0) is 16.6. The molecule has 0 radical (unpaired) electrons. The van der Waals surface area contributed by atoms with Crippen LogP contribution in [0.15, 0.2) is 48.6 Å². The van der Waals surface area contributed by atoms with E-state index in [9.17, 15) is 0 Å². The first-order valence-corrected chi connectivity index (χ1v) is 8.30. The summed E-state index contributed by atoms with van der Waals surface area (Å²) in [5.74, 6) is 1.31. The fourth-order valence-electron chi connectivity index (χ4n) is 2.54. The summed E-state index contributed by atoms with van der Waals surface area (Å²) in [4.78, 5) is 11.3. The minimum atomic E-state index is 0.509. The Morgan fingerprint density at radius 3 is 2.71 bits per heavy atom. The summed E-state index contributed by atoms with van der Waals surface area (Å²) in [5, 5.41) is 0. The summed E-state index contributed by atoms with van der Waals surface area (Å²) in [5.41, 5.74) is 1.89. The van der Waals surface area contributed by atoms with Gasteiger partial charge in [-0.2, -0.15) is 4.98 Å². The van der Waals surface area contributed by atoms with Crippen LogP contribution in [0, 0.1) is 6.92 Å². The summed E-state index contributed by atoms with van der Waals surface area (Å²) >= 11 is 0. The van der Waals surface area contributed by atoms with Crippen LogP contribution in [0.2, 0.25) is 0 Å². The van der Waals surface area contributed by atoms with Crippen molar-refractivity contribution in [2.24, 2.45) is 0 Å². The number of rotatable bonds is 6. The Bertz CT molecular complexity index is 668. The highest BCUT2D eigenvalue weighted by molar-refractivity contribution is 5.55. The molecule has 1 aromatic heterocycles. The largest absolute Gasteiger partial charge is 0.473 e. The zero-order valence-electron chi connectivity index (χ0n) is 14.0. The van der Waals surface area contributed by atoms with Gasteiger partial charge in [-0.3, -0.25) is 4.90 Å². The molecule has 1 aliphatic heterocycles. The topological polar surface area (TPSA) is 47.5 Å². The summed E-state index contributed by atoms with van der Waals surface area (Å²) in [7, 11) is 0. The van der Waals surface area contributed by atoms with E-state index in [0.717, 1.165) is 44.1 Å². The van der Waals surface area contributed by atoms with Crippen molar-refractivity contribution in [2.75, 3.05) is 39.5 Å². The lowest BCUT2D eigenvalue weighted by atomic mass is 10.2. The van der Waals surface area contributed by atoms with Crippen molar-refractivity contribution in [3.05, 3.63) is 54.2 Å². The molecule has 0 aliphatic carbocycles. The Morgan fingerprint density at radius 2 is 1.92 bits per heavy atom. The van der Waals surface area contributed by atoms with Crippen LogP contribution in [0.1, 0.15) is 5.69 Å². The van der Waals surface area contributed by atoms with Crippen molar-refractivity contribution < 1.29 is 9.47 Å². The third-order valence-corrected chi connectivity index (χ3v) is 3.82. The van der Waals surface area contributed by atoms with Crippen LogP contribution < -0.4 is 4.74 Å². The number of benzene rings is 1. The van der Waals surface area contributed by atoms with Gasteiger partial charge < -0.3 is 9.47 Å². The highest BCUT2D eigenvalue weighted by Gasteiger charge is 2.08. The molecule has 3 rings (SSSR count). The summed E-state index contributed by atoms with van der Waals surface area (Å²) in [6.45, 7) is 7.04. The van der Waals surface area contributed by atoms with Gasteiger partial charge in [0.15, 0.2) is 5.82 Å². The Balaban J connectivity index is 1.54. The third-order valence-electron chi connectivity index (χ3n) is 3.82. The molecular weight excluding hydrogens is 302 g/mol. The molecular formula is C19H23N3O2. The maximum absolute atomic E-state index is 5.76. The molecule has 24 heavy (non-hydrogen) atoms. The molecule has 2 aromatic rings. The smallest absolute Gasteiger partial charge is 0.217 e. The molecule has 0 atom stereocenters. The van der Waals surface area contributed by atoms with Crippen LogP contribution in [-0.4, -0.2) is 54.3 Å². The normalized spacial score (nSPS) is 15.7. The molecule has 126 valence electrons. The van der Waals surface area contributed by atoms with Gasteiger partial charge in [-0.15, -0.1) is 0 Å². The Kier molecular flexibility index (Phi) is 5.93. The highest BCUT2D eigenvalue weighted by atomic mass is 16.5. The van der Waals surface area contributed by atoms with E-state index >= 15 is 0 Å². The van der Waals surface area contributed by atoms with Gasteiger partial charge in [-0.05, 0) is 6.92 Å². The molecule has 5 nitrogen and oxygen atoms in total. The summed E-state index contributed by atoms with van der Waals surface area (Å²) in [6, 6.07) is 11.8. The van der Waals surface area contributed by atoms with Crippen molar-refractivity contribution in [2.45, 2.75) is 6.92 Å². The van der Waals surface area contributed by atoms with Crippen LogP contribution in [-0.2, 0) is 4.74 Å². The monoisotopic (exact) mass is 325 g/mol. The Hall–Kier alpha value is -2.24. The van der Waals surface area contributed by atoms with Crippen molar-refractivity contribution in [1.82, 2.24) is 14.9 Å². The second-order valence-corrected chi connectivity index (χ2v) is 5.73. The molecule has 1 aliphatic rings. The quantitative estimate of drug-likeness (QED) is 0.764. The van der Waals surface area contributed by atoms with E-state index in [1.165, 1.54) is 0 Å². The number of aromatic nitrogens is 2. The van der Waals surface area contributed by atoms with E-state index in [2.05, 4.69) is 20.9 Å². The lowest BCUT2D eigenvalue weighted by Crippen LogP contribution is -2.36. The van der Waals surface area contributed by atoms with Crippen LogP contribution in [0.3, 0.4) is 0 Å². The fourth-order valence-corrected chi connectivity index (χ4v) is 2.54. The van der Waals surface area contributed by atoms with Crippen LogP contribution in [0.25, 0.3) is 11.4 Å². The van der Waals surface area contributed by atoms with E-state index < -0.39 is 0 Å². The molecule has 2 heterocycles. The molecule has 0 amide bonds. The van der Waals surface area contributed by atoms with Crippen molar-refractivity contribution in [3.8, 4) is 17.3 Å². The molecule has 1 saturated heterocycles. The van der Waals surface area contributed by atoms with Gasteiger partial charge in [0, 0.05) is 37.0 Å². The first-order chi connectivity index (χ1) is 11.8. The third kappa shape index (κ3) is 4.88. The van der Waals surface area contributed by atoms with Gasteiger partial charge in [0.25, 0.3) is 0 Å². The molecule has 0 saturated carbocycles. The number of nitrogens with zero attached hydrogens (tertiary/aromatic N) is 3. The lowest BCUT2D eigenvalue weighted by Gasteiger charge is -2.25. The zero-order valence-corrected chi connectivity index (χ0v) is 14.0. The van der Waals surface area contributed by atoms with E-state index in [-0.39, 0.29) is 0 Å². The van der Waals surface area contributed by atoms with Gasteiger partial charge >= 0.3 is 0 Å². The van der Waals surface area contributed by atoms with Crippen LogP contribution in [0.5, 0.6) is 5.88 Å². The molecule has 0 spiro atoms. The first-order valence-electron chi connectivity index (χ1n) is 8.30. The van der Waals surface area contributed by atoms with Crippen LogP contribution >= 0.6 is 0 Å². The summed E-state index contributed by atoms with van der Waals surface area (Å²) in [6.07, 6.45) is 4.17. The van der Waals surface area contributed by atoms with Crippen molar-refractivity contribution in [3.63, 3.8) is 0 Å². The minimum absolute atomic E-state index is 0.509. The number of hydrogen-bond acceptors (Lipinski definition) is 5. The predicted molar refractivity (Wildman–Crippen MR) is 94.1 cm³/mol. The first kappa shape index (κ1) is 16.6. The van der Waals surface area contributed by atoms with Crippen molar-refractivity contribution >= 4 is 0 Å². The van der Waals surface area contributed by atoms with Gasteiger partial charge in [0.2, 0.25) is 5.88 Å². The molecule has 1 aromatic carbocycles. The Labute approximate surface area is 143 Å². The van der Waals surface area contributed by atoms with Gasteiger partial charge in [0.1, 0.15) is 6.61 Å². The molecule has 0 unspecified atom stereocenters. The molecule has 0 N–H and O–H groups in total. The van der Waals surface area contributed by atoms with E-state index in [1.807, 2.05) is 49.4 Å². The van der Waals surface area contributed by atoms with E-state index in [4.69, 9.17) is 9.47 Å². The molecule has 0 bridgehead atoms. The maximum atomic E-state index is 5.76. The minimum Gasteiger partial charge on any atom is -0.473 e. The number of hydrogen-bond donors (Lipinski definition) is 0. The summed E-state index contributed by atoms with van der Waals surface area (Å²) < 4.78 is 11.1. The Morgan fingerprint density at radius 1 is 1.12 bits per heavy atom. The van der Waals surface area contributed by atoms with Crippen LogP contribution in [0.4, 0.5) is 0 Å². The number of morpholine rings is 1.